The van der Waals surface area contributed by atoms with Crippen LogP contribution in [-0.2, 0) is 0 Å². The van der Waals surface area contributed by atoms with E-state index in [-0.39, 0.29) is 5.78 Å². The van der Waals surface area contributed by atoms with Gasteiger partial charge < -0.3 is 4.74 Å². The summed E-state index contributed by atoms with van der Waals surface area (Å²) in [4.78, 5) is 13.7. The first kappa shape index (κ1) is 24.3. The molecule has 0 aliphatic rings. The number of ketones is 1. The van der Waals surface area contributed by atoms with Gasteiger partial charge in [-0.3, -0.25) is 4.79 Å². The molecule has 2 aromatic rings. The topological polar surface area (TPSA) is 26.3 Å². The summed E-state index contributed by atoms with van der Waals surface area (Å²) in [6, 6.07) is 15.8. The monoisotopic (exact) mass is 424 g/mol. The van der Waals surface area contributed by atoms with E-state index in [9.17, 15) is 4.79 Å². The van der Waals surface area contributed by atoms with Crippen molar-refractivity contribution in [2.45, 2.75) is 70.1 Å². The van der Waals surface area contributed by atoms with E-state index < -0.39 is 0 Å². The van der Waals surface area contributed by atoms with E-state index in [2.05, 4.69) is 13.8 Å². The van der Waals surface area contributed by atoms with E-state index in [0.29, 0.717) is 5.56 Å². The molecule has 0 atom stereocenters. The first-order valence-corrected chi connectivity index (χ1v) is 12.4. The molecule has 0 aromatic heterocycles. The molecule has 0 saturated carbocycles. The van der Waals surface area contributed by atoms with Crippen LogP contribution in [-0.4, -0.2) is 18.1 Å². The molecule has 0 spiro atoms. The van der Waals surface area contributed by atoms with Gasteiger partial charge in [0.25, 0.3) is 0 Å². The molecular weight excluding hydrogens is 388 g/mol. The number of unbranched alkanes of at least 4 members (excludes halogenated alkanes) is 6. The van der Waals surface area contributed by atoms with Gasteiger partial charge in [0.15, 0.2) is 5.78 Å². The Balaban J connectivity index is 1.83. The smallest absolute Gasteiger partial charge is 0.185 e. The molecule has 162 valence electrons. The van der Waals surface area contributed by atoms with Gasteiger partial charge in [-0.1, -0.05) is 70.6 Å². The summed E-state index contributed by atoms with van der Waals surface area (Å²) in [6.07, 6.45) is 13.5. The standard InChI is InChI=1S/C27H36O2S/c1-3-5-6-7-8-9-12-21-29-27-14-11-10-13-24(27)17-20-26(28)23-15-18-25(19-16-23)30-22-4-2/h10-11,13-20H,3-9,12,21-22H2,1-2H3/b20-17+. The molecule has 0 saturated heterocycles. The number of hydrogen-bond acceptors (Lipinski definition) is 3. The summed E-state index contributed by atoms with van der Waals surface area (Å²) in [5.41, 5.74) is 1.66. The molecule has 3 heteroatoms. The molecule has 0 N–H and O–H groups in total. The molecule has 30 heavy (non-hydrogen) atoms. The van der Waals surface area contributed by atoms with Gasteiger partial charge in [0.2, 0.25) is 0 Å². The average molecular weight is 425 g/mol. The highest BCUT2D eigenvalue weighted by molar-refractivity contribution is 7.99. The molecule has 0 unspecified atom stereocenters. The fraction of sp³-hybridized carbons (Fsp3) is 0.444. The van der Waals surface area contributed by atoms with Gasteiger partial charge in [0.05, 0.1) is 6.61 Å². The third-order valence-corrected chi connectivity index (χ3v) is 6.17. The maximum absolute atomic E-state index is 12.5. The summed E-state index contributed by atoms with van der Waals surface area (Å²) < 4.78 is 5.99. The van der Waals surface area contributed by atoms with Crippen LogP contribution in [0.5, 0.6) is 5.75 Å². The molecule has 2 nitrogen and oxygen atoms in total. The first-order valence-electron chi connectivity index (χ1n) is 11.4. The number of carbonyl (C=O) groups is 1. The van der Waals surface area contributed by atoms with Gasteiger partial charge in [-0.05, 0) is 61.1 Å². The number of allylic oxidation sites excluding steroid dienone is 1. The van der Waals surface area contributed by atoms with E-state index in [1.807, 2.05) is 66.4 Å². The lowest BCUT2D eigenvalue weighted by Crippen LogP contribution is -1.99. The molecule has 2 aromatic carbocycles. The van der Waals surface area contributed by atoms with Crippen LogP contribution < -0.4 is 4.74 Å². The number of hydrogen-bond donors (Lipinski definition) is 0. The van der Waals surface area contributed by atoms with E-state index in [4.69, 9.17) is 4.74 Å². The van der Waals surface area contributed by atoms with Crippen molar-refractivity contribution in [3.63, 3.8) is 0 Å². The number of ether oxygens (including phenoxy) is 1. The highest BCUT2D eigenvalue weighted by Gasteiger charge is 2.04. The van der Waals surface area contributed by atoms with Crippen molar-refractivity contribution in [3.05, 3.63) is 65.7 Å². The zero-order valence-corrected chi connectivity index (χ0v) is 19.4. The SMILES string of the molecule is CCCCCCCCCOc1ccccc1/C=C/C(=O)c1ccc(SCCC)cc1. The second kappa shape index (κ2) is 14.9. The second-order valence-electron chi connectivity index (χ2n) is 7.58. The lowest BCUT2D eigenvalue weighted by atomic mass is 10.1. The number of thioether (sulfide) groups is 1. The van der Waals surface area contributed by atoms with E-state index in [0.717, 1.165) is 36.5 Å². The Morgan fingerprint density at radius 2 is 1.57 bits per heavy atom. The summed E-state index contributed by atoms with van der Waals surface area (Å²) in [6.45, 7) is 5.14. The lowest BCUT2D eigenvalue weighted by Gasteiger charge is -2.09. The highest BCUT2D eigenvalue weighted by Crippen LogP contribution is 2.22. The summed E-state index contributed by atoms with van der Waals surface area (Å²) in [5.74, 6) is 1.96. The largest absolute Gasteiger partial charge is 0.493 e. The molecule has 0 heterocycles. The second-order valence-corrected chi connectivity index (χ2v) is 8.75. The Labute approximate surface area is 187 Å². The zero-order chi connectivity index (χ0) is 21.4. The Hall–Kier alpha value is -2.00. The van der Waals surface area contributed by atoms with Gasteiger partial charge >= 0.3 is 0 Å². The van der Waals surface area contributed by atoms with Crippen LogP contribution in [0.2, 0.25) is 0 Å². The van der Waals surface area contributed by atoms with Crippen LogP contribution in [0, 0.1) is 0 Å². The van der Waals surface area contributed by atoms with Crippen LogP contribution in [0.1, 0.15) is 81.1 Å². The number of rotatable bonds is 15. The molecule has 0 bridgehead atoms. The Morgan fingerprint density at radius 3 is 2.30 bits per heavy atom. The van der Waals surface area contributed by atoms with E-state index >= 15 is 0 Å². The van der Waals surface area contributed by atoms with E-state index in [1.54, 1.807) is 6.08 Å². The van der Waals surface area contributed by atoms with Crippen molar-refractivity contribution >= 4 is 23.6 Å². The quantitative estimate of drug-likeness (QED) is 0.125. The van der Waals surface area contributed by atoms with E-state index in [1.165, 1.54) is 43.4 Å². The average Bonchev–Trinajstić information content (AvgIpc) is 2.79. The highest BCUT2D eigenvalue weighted by atomic mass is 32.2. The minimum absolute atomic E-state index is 0.0175. The van der Waals surface area contributed by atoms with Crippen molar-refractivity contribution < 1.29 is 9.53 Å². The fourth-order valence-electron chi connectivity index (χ4n) is 3.19. The van der Waals surface area contributed by atoms with Gasteiger partial charge in [-0.15, -0.1) is 11.8 Å². The van der Waals surface area contributed by atoms with Gasteiger partial charge in [-0.25, -0.2) is 0 Å². The molecule has 0 aliphatic heterocycles. The Morgan fingerprint density at radius 1 is 0.867 bits per heavy atom. The molecule has 0 aliphatic carbocycles. The summed E-state index contributed by atoms with van der Waals surface area (Å²) in [5, 5.41) is 0. The van der Waals surface area contributed by atoms with Crippen molar-refractivity contribution in [1.82, 2.24) is 0 Å². The molecule has 2 rings (SSSR count). The van der Waals surface area contributed by atoms with Crippen molar-refractivity contribution in [1.29, 1.82) is 0 Å². The number of benzene rings is 2. The summed E-state index contributed by atoms with van der Waals surface area (Å²) in [7, 11) is 0. The van der Waals surface area contributed by atoms with Crippen LogP contribution in [0.25, 0.3) is 6.08 Å². The molecular formula is C27H36O2S. The minimum Gasteiger partial charge on any atom is -0.493 e. The zero-order valence-electron chi connectivity index (χ0n) is 18.6. The fourth-order valence-corrected chi connectivity index (χ4v) is 3.96. The summed E-state index contributed by atoms with van der Waals surface area (Å²) >= 11 is 1.82. The first-order chi connectivity index (χ1) is 14.7. The van der Waals surface area contributed by atoms with Crippen LogP contribution in [0.3, 0.4) is 0 Å². The maximum atomic E-state index is 12.5. The molecule has 0 amide bonds. The van der Waals surface area contributed by atoms with Crippen molar-refractivity contribution in [3.8, 4) is 5.75 Å². The maximum Gasteiger partial charge on any atom is 0.185 e. The lowest BCUT2D eigenvalue weighted by molar-refractivity contribution is 0.104. The number of para-hydroxylation sites is 1. The third kappa shape index (κ3) is 9.21. The predicted molar refractivity (Wildman–Crippen MR) is 131 cm³/mol. The van der Waals surface area contributed by atoms with Crippen molar-refractivity contribution in [2.75, 3.05) is 12.4 Å². The van der Waals surface area contributed by atoms with Gasteiger partial charge in [-0.2, -0.15) is 0 Å². The van der Waals surface area contributed by atoms with Gasteiger partial charge in [0.1, 0.15) is 5.75 Å². The van der Waals surface area contributed by atoms with Crippen LogP contribution in [0.15, 0.2) is 59.5 Å². The van der Waals surface area contributed by atoms with Crippen LogP contribution >= 0.6 is 11.8 Å². The van der Waals surface area contributed by atoms with Crippen LogP contribution in [0.4, 0.5) is 0 Å². The Kier molecular flexibility index (Phi) is 12.1. The van der Waals surface area contributed by atoms with Crippen molar-refractivity contribution in [2.24, 2.45) is 0 Å². The molecule has 0 fully saturated rings. The third-order valence-electron chi connectivity index (χ3n) is 4.95. The van der Waals surface area contributed by atoms with Gasteiger partial charge in [0, 0.05) is 16.0 Å². The molecule has 0 radical (unpaired) electrons. The minimum atomic E-state index is 0.0175. The Bertz CT molecular complexity index is 765. The number of carbonyl (C=O) groups excluding carboxylic acids is 1. The normalized spacial score (nSPS) is 11.1. The predicted octanol–water partition coefficient (Wildman–Crippen LogP) is 8.21.